The van der Waals surface area contributed by atoms with Gasteiger partial charge in [-0.2, -0.15) is 0 Å². The third kappa shape index (κ3) is 6.40. The SMILES string of the molecule is CC(C)CS(=O)(=O)c1ncc(CN(C)CCCN2CCCC2)n1Cc1ccccc1. The van der Waals surface area contributed by atoms with Gasteiger partial charge in [0.1, 0.15) is 0 Å². The maximum atomic E-state index is 13.0. The zero-order chi connectivity index (χ0) is 21.6. The first-order chi connectivity index (χ1) is 14.3. The number of aromatic nitrogens is 2. The average Bonchev–Trinajstić information content (AvgIpc) is 3.32. The molecule has 1 aliphatic rings. The summed E-state index contributed by atoms with van der Waals surface area (Å²) in [5.41, 5.74) is 2.03. The molecule has 2 heterocycles. The predicted octanol–water partition coefficient (Wildman–Crippen LogP) is 3.28. The molecule has 3 rings (SSSR count). The Labute approximate surface area is 181 Å². The van der Waals surface area contributed by atoms with E-state index in [-0.39, 0.29) is 16.8 Å². The number of likely N-dealkylation sites (tertiary alicyclic amines) is 1. The Bertz CT molecular complexity index is 887. The summed E-state index contributed by atoms with van der Waals surface area (Å²) in [6, 6.07) is 10.0. The normalized spacial score (nSPS) is 15.5. The second kappa shape index (κ2) is 10.6. The van der Waals surface area contributed by atoms with Crippen molar-refractivity contribution in [3.63, 3.8) is 0 Å². The highest BCUT2D eigenvalue weighted by atomic mass is 32.2. The van der Waals surface area contributed by atoms with E-state index in [9.17, 15) is 8.42 Å². The van der Waals surface area contributed by atoms with E-state index in [1.54, 1.807) is 6.20 Å². The monoisotopic (exact) mass is 432 g/mol. The summed E-state index contributed by atoms with van der Waals surface area (Å²) in [6.45, 7) is 9.65. The minimum absolute atomic E-state index is 0.0635. The first-order valence-electron chi connectivity index (χ1n) is 11.1. The number of nitrogens with zero attached hydrogens (tertiary/aromatic N) is 4. The van der Waals surface area contributed by atoms with Crippen LogP contribution >= 0.6 is 0 Å². The van der Waals surface area contributed by atoms with Gasteiger partial charge in [-0.1, -0.05) is 44.2 Å². The van der Waals surface area contributed by atoms with Crippen LogP contribution in [0.1, 0.15) is 44.4 Å². The number of hydrogen-bond acceptors (Lipinski definition) is 5. The van der Waals surface area contributed by atoms with Crippen molar-refractivity contribution in [2.75, 3.05) is 39.0 Å². The first-order valence-corrected chi connectivity index (χ1v) is 12.7. The van der Waals surface area contributed by atoms with Crippen LogP contribution in [0.3, 0.4) is 0 Å². The molecule has 1 aromatic carbocycles. The van der Waals surface area contributed by atoms with Gasteiger partial charge in [0.2, 0.25) is 15.0 Å². The summed E-state index contributed by atoms with van der Waals surface area (Å²) in [5, 5.41) is 0.195. The standard InChI is InChI=1S/C23H36N4O2S/c1-20(2)19-30(28,29)23-24-16-22(27(23)17-21-10-5-4-6-11-21)18-25(3)12-9-15-26-13-7-8-14-26/h4-6,10-11,16,20H,7-9,12-15,17-19H2,1-3H3. The summed E-state index contributed by atoms with van der Waals surface area (Å²) in [6.07, 6.45) is 5.51. The fourth-order valence-electron chi connectivity index (χ4n) is 4.14. The maximum Gasteiger partial charge on any atom is 0.228 e. The Morgan fingerprint density at radius 1 is 1.13 bits per heavy atom. The van der Waals surface area contributed by atoms with Crippen molar-refractivity contribution in [1.29, 1.82) is 0 Å². The van der Waals surface area contributed by atoms with Crippen molar-refractivity contribution in [3.8, 4) is 0 Å². The van der Waals surface area contributed by atoms with Gasteiger partial charge in [-0.3, -0.25) is 0 Å². The van der Waals surface area contributed by atoms with E-state index in [2.05, 4.69) is 21.8 Å². The number of rotatable bonds is 11. The van der Waals surface area contributed by atoms with Gasteiger partial charge in [0, 0.05) is 6.54 Å². The smallest absolute Gasteiger partial charge is 0.228 e. The van der Waals surface area contributed by atoms with Crippen LogP contribution in [0.4, 0.5) is 0 Å². The maximum absolute atomic E-state index is 13.0. The summed E-state index contributed by atoms with van der Waals surface area (Å²) < 4.78 is 27.8. The van der Waals surface area contributed by atoms with Crippen molar-refractivity contribution in [3.05, 3.63) is 47.8 Å². The molecule has 0 spiro atoms. The van der Waals surface area contributed by atoms with Crippen LogP contribution in [0.15, 0.2) is 41.7 Å². The highest BCUT2D eigenvalue weighted by Gasteiger charge is 2.25. The van der Waals surface area contributed by atoms with Crippen LogP contribution in [0.5, 0.6) is 0 Å². The third-order valence-corrected chi connectivity index (χ3v) is 7.55. The second-order valence-electron chi connectivity index (χ2n) is 8.92. The molecule has 166 valence electrons. The summed E-state index contributed by atoms with van der Waals surface area (Å²) in [7, 11) is -1.32. The molecular formula is C23H36N4O2S. The molecule has 30 heavy (non-hydrogen) atoms. The van der Waals surface area contributed by atoms with E-state index < -0.39 is 9.84 Å². The number of hydrogen-bond donors (Lipinski definition) is 0. The molecule has 1 saturated heterocycles. The van der Waals surface area contributed by atoms with Crippen LogP contribution in [0.2, 0.25) is 0 Å². The van der Waals surface area contributed by atoms with Crippen molar-refractivity contribution < 1.29 is 8.42 Å². The molecule has 0 aliphatic carbocycles. The highest BCUT2D eigenvalue weighted by Crippen LogP contribution is 2.19. The van der Waals surface area contributed by atoms with Crippen LogP contribution in [-0.2, 0) is 22.9 Å². The first kappa shape index (κ1) is 23.0. The molecule has 1 fully saturated rings. The Hall–Kier alpha value is -1.70. The van der Waals surface area contributed by atoms with Gasteiger partial charge in [0.25, 0.3) is 0 Å². The van der Waals surface area contributed by atoms with Gasteiger partial charge >= 0.3 is 0 Å². The molecule has 0 amide bonds. The lowest BCUT2D eigenvalue weighted by atomic mass is 10.2. The van der Waals surface area contributed by atoms with Crippen molar-refractivity contribution in [2.45, 2.75) is 51.4 Å². The number of imidazole rings is 1. The molecule has 0 N–H and O–H groups in total. The number of benzene rings is 1. The lowest BCUT2D eigenvalue weighted by Crippen LogP contribution is -2.27. The van der Waals surface area contributed by atoms with Gasteiger partial charge in [0.05, 0.1) is 24.2 Å². The molecule has 0 radical (unpaired) electrons. The third-order valence-electron chi connectivity index (χ3n) is 5.56. The lowest BCUT2D eigenvalue weighted by Gasteiger charge is -2.21. The molecule has 1 aromatic heterocycles. The molecule has 7 heteroatoms. The Balaban J connectivity index is 1.73. The quantitative estimate of drug-likeness (QED) is 0.545. The highest BCUT2D eigenvalue weighted by molar-refractivity contribution is 7.91. The summed E-state index contributed by atoms with van der Waals surface area (Å²) >= 11 is 0. The molecule has 1 aliphatic heterocycles. The Kier molecular flexibility index (Phi) is 8.08. The number of sulfone groups is 1. The Morgan fingerprint density at radius 2 is 1.83 bits per heavy atom. The van der Waals surface area contributed by atoms with E-state index in [4.69, 9.17) is 0 Å². The fraction of sp³-hybridized carbons (Fsp3) is 0.609. The van der Waals surface area contributed by atoms with Gasteiger partial charge in [-0.05, 0) is 64.0 Å². The summed E-state index contributed by atoms with van der Waals surface area (Å²) in [4.78, 5) is 9.18. The largest absolute Gasteiger partial charge is 0.313 e. The molecule has 0 unspecified atom stereocenters. The van der Waals surface area contributed by atoms with Gasteiger partial charge < -0.3 is 14.4 Å². The van der Waals surface area contributed by atoms with Gasteiger partial charge in [-0.15, -0.1) is 0 Å². The lowest BCUT2D eigenvalue weighted by molar-refractivity contribution is 0.270. The van der Waals surface area contributed by atoms with Crippen LogP contribution in [-0.4, -0.2) is 66.7 Å². The zero-order valence-corrected chi connectivity index (χ0v) is 19.4. The van der Waals surface area contributed by atoms with E-state index in [0.717, 1.165) is 30.8 Å². The zero-order valence-electron chi connectivity index (χ0n) is 18.6. The van der Waals surface area contributed by atoms with E-state index in [0.29, 0.717) is 13.1 Å². The van der Waals surface area contributed by atoms with E-state index in [1.807, 2.05) is 48.7 Å². The molecule has 0 saturated carbocycles. The topological polar surface area (TPSA) is 58.4 Å². The second-order valence-corrected chi connectivity index (χ2v) is 10.8. The van der Waals surface area contributed by atoms with Crippen molar-refractivity contribution >= 4 is 9.84 Å². The molecular weight excluding hydrogens is 396 g/mol. The minimum atomic E-state index is -3.43. The summed E-state index contributed by atoms with van der Waals surface area (Å²) in [5.74, 6) is 0.179. The van der Waals surface area contributed by atoms with Crippen molar-refractivity contribution in [1.82, 2.24) is 19.4 Å². The van der Waals surface area contributed by atoms with Gasteiger partial charge in [0.15, 0.2) is 0 Å². The molecule has 6 nitrogen and oxygen atoms in total. The predicted molar refractivity (Wildman–Crippen MR) is 121 cm³/mol. The molecule has 2 aromatic rings. The Morgan fingerprint density at radius 3 is 2.50 bits per heavy atom. The van der Waals surface area contributed by atoms with E-state index >= 15 is 0 Å². The fourth-order valence-corrected chi connectivity index (χ4v) is 5.90. The average molecular weight is 433 g/mol. The van der Waals surface area contributed by atoms with Crippen LogP contribution < -0.4 is 0 Å². The molecule has 0 bridgehead atoms. The van der Waals surface area contributed by atoms with E-state index in [1.165, 1.54) is 25.9 Å². The van der Waals surface area contributed by atoms with Crippen LogP contribution in [0.25, 0.3) is 0 Å². The minimum Gasteiger partial charge on any atom is -0.313 e. The van der Waals surface area contributed by atoms with Crippen molar-refractivity contribution in [2.24, 2.45) is 5.92 Å². The molecule has 0 atom stereocenters. The van der Waals surface area contributed by atoms with Gasteiger partial charge in [-0.25, -0.2) is 13.4 Å². The van der Waals surface area contributed by atoms with Crippen LogP contribution in [0, 0.1) is 5.92 Å².